The number of hydrogen-bond donors (Lipinski definition) is 2. The van der Waals surface area contributed by atoms with Gasteiger partial charge in [-0.25, -0.2) is 0 Å². The molecule has 0 bridgehead atoms. The molecule has 1 heterocycles. The molecule has 0 fully saturated rings. The third-order valence-electron chi connectivity index (χ3n) is 4.60. The van der Waals surface area contributed by atoms with Gasteiger partial charge in [-0.1, -0.05) is 35.9 Å². The summed E-state index contributed by atoms with van der Waals surface area (Å²) in [5.74, 6) is 0.244. The number of nitrogens with zero attached hydrogens (tertiary/aromatic N) is 2. The van der Waals surface area contributed by atoms with Crippen LogP contribution in [0, 0.1) is 0 Å². The number of hydrogen-bond acceptors (Lipinski definition) is 3. The highest BCUT2D eigenvalue weighted by molar-refractivity contribution is 6.31. The molecular weight excluding hydrogens is 372 g/mol. The van der Waals surface area contributed by atoms with Crippen molar-refractivity contribution in [2.24, 2.45) is 0 Å². The SMILES string of the molecule is CN(C)c1ccc(-c2ccc3c(NC(=O)c4cccc(Cl)c4)n[nH]c3c2)cc1. The van der Waals surface area contributed by atoms with Crippen molar-refractivity contribution in [1.82, 2.24) is 10.2 Å². The minimum Gasteiger partial charge on any atom is -0.378 e. The zero-order chi connectivity index (χ0) is 19.7. The average Bonchev–Trinajstić information content (AvgIpc) is 3.10. The molecule has 28 heavy (non-hydrogen) atoms. The molecule has 0 spiro atoms. The molecule has 2 N–H and O–H groups in total. The monoisotopic (exact) mass is 390 g/mol. The predicted molar refractivity (Wildman–Crippen MR) is 115 cm³/mol. The van der Waals surface area contributed by atoms with Gasteiger partial charge in [-0.3, -0.25) is 9.89 Å². The van der Waals surface area contributed by atoms with Gasteiger partial charge in [0.2, 0.25) is 0 Å². The van der Waals surface area contributed by atoms with E-state index in [1.165, 1.54) is 0 Å². The van der Waals surface area contributed by atoms with Crippen molar-refractivity contribution in [3.05, 3.63) is 77.3 Å². The predicted octanol–water partition coefficient (Wildman–Crippen LogP) is 5.20. The number of halogens is 1. The molecule has 0 atom stereocenters. The molecule has 140 valence electrons. The molecule has 4 aromatic rings. The first-order valence-electron chi connectivity index (χ1n) is 8.84. The minimum absolute atomic E-state index is 0.251. The maximum atomic E-state index is 12.5. The summed E-state index contributed by atoms with van der Waals surface area (Å²) in [6.45, 7) is 0. The van der Waals surface area contributed by atoms with E-state index in [1.807, 2.05) is 32.3 Å². The van der Waals surface area contributed by atoms with Crippen LogP contribution in [0.4, 0.5) is 11.5 Å². The summed E-state index contributed by atoms with van der Waals surface area (Å²) < 4.78 is 0. The van der Waals surface area contributed by atoms with Crippen LogP contribution in [-0.4, -0.2) is 30.2 Å². The van der Waals surface area contributed by atoms with Crippen molar-refractivity contribution in [1.29, 1.82) is 0 Å². The van der Waals surface area contributed by atoms with E-state index < -0.39 is 0 Å². The fourth-order valence-corrected chi connectivity index (χ4v) is 3.25. The fraction of sp³-hybridized carbons (Fsp3) is 0.0909. The Kier molecular flexibility index (Phi) is 4.75. The summed E-state index contributed by atoms with van der Waals surface area (Å²) in [4.78, 5) is 14.5. The molecule has 5 nitrogen and oxygen atoms in total. The number of amides is 1. The minimum atomic E-state index is -0.251. The van der Waals surface area contributed by atoms with Crippen LogP contribution in [0.15, 0.2) is 66.7 Å². The standard InChI is InChI=1S/C22H19ClN4O/c1-27(2)18-9-6-14(7-10-18)15-8-11-19-20(13-15)25-26-21(19)24-22(28)16-4-3-5-17(23)12-16/h3-13H,1-2H3,(H2,24,25,26,28). The Balaban J connectivity index is 1.60. The van der Waals surface area contributed by atoms with E-state index in [0.29, 0.717) is 16.4 Å². The second-order valence-corrected chi connectivity index (χ2v) is 7.17. The maximum Gasteiger partial charge on any atom is 0.256 e. The second-order valence-electron chi connectivity index (χ2n) is 6.74. The van der Waals surface area contributed by atoms with Crippen molar-refractivity contribution in [3.8, 4) is 11.1 Å². The van der Waals surface area contributed by atoms with Crippen LogP contribution in [0.2, 0.25) is 5.02 Å². The molecule has 0 aliphatic carbocycles. The molecule has 0 radical (unpaired) electrons. The second kappa shape index (κ2) is 7.37. The quantitative estimate of drug-likeness (QED) is 0.503. The fourth-order valence-electron chi connectivity index (χ4n) is 3.06. The summed E-state index contributed by atoms with van der Waals surface area (Å²) in [6, 6.07) is 21.2. The Labute approximate surface area is 167 Å². The van der Waals surface area contributed by atoms with Crippen LogP contribution in [0.3, 0.4) is 0 Å². The van der Waals surface area contributed by atoms with Crippen molar-refractivity contribution in [3.63, 3.8) is 0 Å². The summed E-state index contributed by atoms with van der Waals surface area (Å²) in [6.07, 6.45) is 0. The smallest absolute Gasteiger partial charge is 0.256 e. The van der Waals surface area contributed by atoms with Crippen molar-refractivity contribution < 1.29 is 4.79 Å². The number of anilines is 2. The van der Waals surface area contributed by atoms with Gasteiger partial charge in [0.1, 0.15) is 0 Å². The number of H-pyrrole nitrogens is 1. The maximum absolute atomic E-state index is 12.5. The topological polar surface area (TPSA) is 61.0 Å². The number of fused-ring (bicyclic) bond motifs is 1. The van der Waals surface area contributed by atoms with Gasteiger partial charge in [-0.15, -0.1) is 0 Å². The summed E-state index contributed by atoms with van der Waals surface area (Å²) >= 11 is 5.96. The molecule has 6 heteroatoms. The van der Waals surface area contributed by atoms with E-state index in [2.05, 4.69) is 44.7 Å². The Hall–Kier alpha value is -3.31. The Morgan fingerprint density at radius 2 is 1.75 bits per heavy atom. The highest BCUT2D eigenvalue weighted by Gasteiger charge is 2.12. The van der Waals surface area contributed by atoms with Crippen LogP contribution in [0.25, 0.3) is 22.0 Å². The lowest BCUT2D eigenvalue weighted by Gasteiger charge is -2.12. The van der Waals surface area contributed by atoms with Gasteiger partial charge in [-0.05, 0) is 53.6 Å². The van der Waals surface area contributed by atoms with Gasteiger partial charge >= 0.3 is 0 Å². The normalized spacial score (nSPS) is 10.8. The van der Waals surface area contributed by atoms with E-state index in [4.69, 9.17) is 11.6 Å². The van der Waals surface area contributed by atoms with E-state index >= 15 is 0 Å². The first-order chi connectivity index (χ1) is 13.5. The van der Waals surface area contributed by atoms with Gasteiger partial charge in [0.15, 0.2) is 5.82 Å². The van der Waals surface area contributed by atoms with Crippen molar-refractivity contribution in [2.75, 3.05) is 24.3 Å². The van der Waals surface area contributed by atoms with Gasteiger partial charge < -0.3 is 10.2 Å². The summed E-state index contributed by atoms with van der Waals surface area (Å²) in [5.41, 5.74) is 4.69. The largest absolute Gasteiger partial charge is 0.378 e. The van der Waals surface area contributed by atoms with Crippen molar-refractivity contribution >= 4 is 39.9 Å². The third-order valence-corrected chi connectivity index (χ3v) is 4.83. The van der Waals surface area contributed by atoms with E-state index in [-0.39, 0.29) is 5.91 Å². The number of aromatic amines is 1. The number of carbonyl (C=O) groups is 1. The third kappa shape index (κ3) is 3.57. The van der Waals surface area contributed by atoms with Crippen LogP contribution in [-0.2, 0) is 0 Å². The highest BCUT2D eigenvalue weighted by atomic mass is 35.5. The van der Waals surface area contributed by atoms with Crippen molar-refractivity contribution in [2.45, 2.75) is 0 Å². The van der Waals surface area contributed by atoms with E-state index in [0.717, 1.165) is 27.7 Å². The molecule has 0 saturated carbocycles. The lowest BCUT2D eigenvalue weighted by Crippen LogP contribution is -2.12. The van der Waals surface area contributed by atoms with Crippen LogP contribution >= 0.6 is 11.6 Å². The number of rotatable bonds is 4. The van der Waals surface area contributed by atoms with Gasteiger partial charge in [0.05, 0.1) is 5.52 Å². The summed E-state index contributed by atoms with van der Waals surface area (Å²) in [7, 11) is 4.04. The molecule has 0 unspecified atom stereocenters. The number of carbonyl (C=O) groups excluding carboxylic acids is 1. The zero-order valence-corrected chi connectivity index (χ0v) is 16.3. The summed E-state index contributed by atoms with van der Waals surface area (Å²) in [5, 5.41) is 11.5. The molecule has 0 aliphatic rings. The molecule has 1 amide bonds. The van der Waals surface area contributed by atoms with Gasteiger partial charge in [-0.2, -0.15) is 5.10 Å². The molecule has 4 rings (SSSR count). The highest BCUT2D eigenvalue weighted by Crippen LogP contribution is 2.28. The molecule has 0 aliphatic heterocycles. The molecule has 3 aromatic carbocycles. The Morgan fingerprint density at radius 3 is 2.46 bits per heavy atom. The van der Waals surface area contributed by atoms with E-state index in [1.54, 1.807) is 24.3 Å². The molecule has 0 saturated heterocycles. The van der Waals surface area contributed by atoms with Gasteiger partial charge in [0, 0.05) is 35.8 Å². The Morgan fingerprint density at radius 1 is 1.00 bits per heavy atom. The lowest BCUT2D eigenvalue weighted by atomic mass is 10.0. The number of benzene rings is 3. The first kappa shape index (κ1) is 18.1. The number of nitrogens with one attached hydrogen (secondary N) is 2. The van der Waals surface area contributed by atoms with Crippen LogP contribution < -0.4 is 10.2 Å². The lowest BCUT2D eigenvalue weighted by molar-refractivity contribution is 0.102. The zero-order valence-electron chi connectivity index (χ0n) is 15.5. The average molecular weight is 391 g/mol. The molecular formula is C22H19ClN4O. The number of aromatic nitrogens is 2. The molecule has 1 aromatic heterocycles. The van der Waals surface area contributed by atoms with Crippen LogP contribution in [0.1, 0.15) is 10.4 Å². The van der Waals surface area contributed by atoms with E-state index in [9.17, 15) is 4.79 Å². The van der Waals surface area contributed by atoms with Gasteiger partial charge in [0.25, 0.3) is 5.91 Å². The first-order valence-corrected chi connectivity index (χ1v) is 9.22. The van der Waals surface area contributed by atoms with Crippen LogP contribution in [0.5, 0.6) is 0 Å². The Bertz CT molecular complexity index is 1150.